The Balaban J connectivity index is 1.70. The first-order valence-corrected chi connectivity index (χ1v) is 9.11. The Hall–Kier alpha value is -3.73. The van der Waals surface area contributed by atoms with Crippen LogP contribution in [0.15, 0.2) is 85.2 Å². The van der Waals surface area contributed by atoms with E-state index in [9.17, 15) is 4.79 Å². The highest BCUT2D eigenvalue weighted by molar-refractivity contribution is 5.99. The fourth-order valence-corrected chi connectivity index (χ4v) is 3.03. The molecule has 1 amide bonds. The number of aromatic nitrogens is 3. The van der Waals surface area contributed by atoms with Gasteiger partial charge in [-0.05, 0) is 37.3 Å². The van der Waals surface area contributed by atoms with Crippen molar-refractivity contribution in [1.82, 2.24) is 20.1 Å². The van der Waals surface area contributed by atoms with E-state index in [-0.39, 0.29) is 5.91 Å². The molecule has 2 aromatic carbocycles. The highest BCUT2D eigenvalue weighted by Gasteiger charge is 2.18. The normalized spacial score (nSPS) is 10.6. The summed E-state index contributed by atoms with van der Waals surface area (Å²) in [6.45, 7) is 2.39. The van der Waals surface area contributed by atoms with E-state index >= 15 is 0 Å². The summed E-state index contributed by atoms with van der Waals surface area (Å²) >= 11 is 0. The first-order valence-electron chi connectivity index (χ1n) is 9.11. The third kappa shape index (κ3) is 3.83. The molecule has 5 heteroatoms. The Kier molecular flexibility index (Phi) is 4.97. The number of aryl methyl sites for hydroxylation is 1. The van der Waals surface area contributed by atoms with Gasteiger partial charge in [0.05, 0.1) is 23.5 Å². The van der Waals surface area contributed by atoms with Gasteiger partial charge in [0.1, 0.15) is 5.69 Å². The summed E-state index contributed by atoms with van der Waals surface area (Å²) < 4.78 is 1.74. The minimum absolute atomic E-state index is 0.177. The molecule has 5 nitrogen and oxygen atoms in total. The van der Waals surface area contributed by atoms with Crippen LogP contribution < -0.4 is 5.32 Å². The van der Waals surface area contributed by atoms with Gasteiger partial charge in [0.25, 0.3) is 5.91 Å². The molecule has 0 bridgehead atoms. The Bertz CT molecular complexity index is 1090. The summed E-state index contributed by atoms with van der Waals surface area (Å²) in [6.07, 6.45) is 3.49. The van der Waals surface area contributed by atoms with E-state index in [1.807, 2.05) is 79.7 Å². The maximum atomic E-state index is 12.9. The molecule has 0 saturated carbocycles. The van der Waals surface area contributed by atoms with E-state index in [0.717, 1.165) is 22.5 Å². The van der Waals surface area contributed by atoms with Gasteiger partial charge in [0.2, 0.25) is 0 Å². The van der Waals surface area contributed by atoms with Crippen LogP contribution in [0.1, 0.15) is 21.6 Å². The van der Waals surface area contributed by atoms with E-state index < -0.39 is 0 Å². The summed E-state index contributed by atoms with van der Waals surface area (Å²) in [6, 6.07) is 23.4. The van der Waals surface area contributed by atoms with Crippen molar-refractivity contribution < 1.29 is 4.79 Å². The third-order valence-corrected chi connectivity index (χ3v) is 4.43. The third-order valence-electron chi connectivity index (χ3n) is 4.43. The molecule has 138 valence electrons. The number of carbonyl (C=O) groups is 1. The fraction of sp³-hybridized carbons (Fsp3) is 0.0870. The quantitative estimate of drug-likeness (QED) is 0.575. The number of rotatable bonds is 5. The first kappa shape index (κ1) is 17.7. The highest BCUT2D eigenvalue weighted by Crippen LogP contribution is 2.24. The number of nitrogens with one attached hydrogen (secondary N) is 1. The fourth-order valence-electron chi connectivity index (χ4n) is 3.03. The van der Waals surface area contributed by atoms with Gasteiger partial charge in [-0.15, -0.1) is 0 Å². The van der Waals surface area contributed by atoms with Crippen LogP contribution in [0.2, 0.25) is 0 Å². The van der Waals surface area contributed by atoms with Crippen LogP contribution in [0.5, 0.6) is 0 Å². The minimum atomic E-state index is -0.177. The molecule has 4 rings (SSSR count). The van der Waals surface area contributed by atoms with Gasteiger partial charge in [-0.1, -0.05) is 48.0 Å². The summed E-state index contributed by atoms with van der Waals surface area (Å²) in [5.41, 5.74) is 4.93. The lowest BCUT2D eigenvalue weighted by Crippen LogP contribution is -2.23. The summed E-state index contributed by atoms with van der Waals surface area (Å²) in [5, 5.41) is 7.66. The van der Waals surface area contributed by atoms with Crippen molar-refractivity contribution >= 4 is 5.91 Å². The number of carbonyl (C=O) groups excluding carboxylic acids is 1. The van der Waals surface area contributed by atoms with Crippen LogP contribution >= 0.6 is 0 Å². The Morgan fingerprint density at radius 3 is 2.57 bits per heavy atom. The van der Waals surface area contributed by atoms with E-state index in [2.05, 4.69) is 10.3 Å². The Labute approximate surface area is 163 Å². The van der Waals surface area contributed by atoms with E-state index in [1.165, 1.54) is 0 Å². The van der Waals surface area contributed by atoms with Gasteiger partial charge in [-0.2, -0.15) is 5.10 Å². The molecular formula is C23H20N4O. The topological polar surface area (TPSA) is 59.8 Å². The summed E-state index contributed by atoms with van der Waals surface area (Å²) in [5.74, 6) is -0.177. The van der Waals surface area contributed by atoms with Gasteiger partial charge in [-0.25, -0.2) is 4.68 Å². The molecule has 0 saturated heterocycles. The van der Waals surface area contributed by atoms with Crippen molar-refractivity contribution in [2.45, 2.75) is 13.5 Å². The average molecular weight is 368 g/mol. The second kappa shape index (κ2) is 7.88. The number of hydrogen-bond donors (Lipinski definition) is 1. The van der Waals surface area contributed by atoms with Crippen molar-refractivity contribution in [3.05, 3.63) is 102 Å². The summed E-state index contributed by atoms with van der Waals surface area (Å²) in [7, 11) is 0. The van der Waals surface area contributed by atoms with Crippen LogP contribution in [0.3, 0.4) is 0 Å². The van der Waals surface area contributed by atoms with Crippen molar-refractivity contribution in [2.24, 2.45) is 0 Å². The van der Waals surface area contributed by atoms with E-state index in [4.69, 9.17) is 5.10 Å². The molecule has 0 aliphatic rings. The number of para-hydroxylation sites is 1. The van der Waals surface area contributed by atoms with Gasteiger partial charge in [0.15, 0.2) is 0 Å². The number of pyridine rings is 1. The molecule has 2 aromatic heterocycles. The van der Waals surface area contributed by atoms with Crippen LogP contribution in [-0.4, -0.2) is 20.7 Å². The van der Waals surface area contributed by atoms with Gasteiger partial charge in [-0.3, -0.25) is 9.78 Å². The molecule has 0 aliphatic carbocycles. The molecule has 0 unspecified atom stereocenters. The van der Waals surface area contributed by atoms with E-state index in [1.54, 1.807) is 17.1 Å². The molecule has 0 aliphatic heterocycles. The zero-order valence-corrected chi connectivity index (χ0v) is 15.5. The standard InChI is InChI=1S/C23H20N4O/c1-17-8-7-9-18(14-17)22-21(16-27(26-22)20-11-3-2-4-12-20)23(28)25-15-19-10-5-6-13-24-19/h2-14,16H,15H2,1H3,(H,25,28). The van der Waals surface area contributed by atoms with Crippen molar-refractivity contribution in [2.75, 3.05) is 0 Å². The molecule has 2 heterocycles. The van der Waals surface area contributed by atoms with Crippen molar-refractivity contribution in [1.29, 1.82) is 0 Å². The number of amides is 1. The number of benzene rings is 2. The molecule has 0 radical (unpaired) electrons. The van der Waals surface area contributed by atoms with Crippen LogP contribution in [0.4, 0.5) is 0 Å². The predicted octanol–water partition coefficient (Wildman–Crippen LogP) is 4.17. The number of hydrogen-bond acceptors (Lipinski definition) is 3. The van der Waals surface area contributed by atoms with Crippen LogP contribution in [0.25, 0.3) is 16.9 Å². The maximum absolute atomic E-state index is 12.9. The monoisotopic (exact) mass is 368 g/mol. The van der Waals surface area contributed by atoms with Crippen LogP contribution in [-0.2, 0) is 6.54 Å². The second-order valence-corrected chi connectivity index (χ2v) is 6.54. The lowest BCUT2D eigenvalue weighted by molar-refractivity contribution is 0.0951. The largest absolute Gasteiger partial charge is 0.346 e. The zero-order chi connectivity index (χ0) is 19.3. The van der Waals surface area contributed by atoms with Gasteiger partial charge >= 0.3 is 0 Å². The van der Waals surface area contributed by atoms with Gasteiger partial charge in [0, 0.05) is 18.0 Å². The summed E-state index contributed by atoms with van der Waals surface area (Å²) in [4.78, 5) is 17.2. The van der Waals surface area contributed by atoms with Crippen molar-refractivity contribution in [3.63, 3.8) is 0 Å². The molecule has 1 N–H and O–H groups in total. The van der Waals surface area contributed by atoms with E-state index in [0.29, 0.717) is 17.8 Å². The lowest BCUT2D eigenvalue weighted by Gasteiger charge is -2.05. The molecular weight excluding hydrogens is 348 g/mol. The maximum Gasteiger partial charge on any atom is 0.255 e. The number of nitrogens with zero attached hydrogens (tertiary/aromatic N) is 3. The molecule has 0 atom stereocenters. The smallest absolute Gasteiger partial charge is 0.255 e. The first-order chi connectivity index (χ1) is 13.7. The second-order valence-electron chi connectivity index (χ2n) is 6.54. The van der Waals surface area contributed by atoms with Gasteiger partial charge < -0.3 is 5.32 Å². The molecule has 28 heavy (non-hydrogen) atoms. The lowest BCUT2D eigenvalue weighted by atomic mass is 10.1. The van der Waals surface area contributed by atoms with Crippen molar-refractivity contribution in [3.8, 4) is 16.9 Å². The molecule has 0 fully saturated rings. The van der Waals surface area contributed by atoms with Crippen LogP contribution in [0, 0.1) is 6.92 Å². The Morgan fingerprint density at radius 2 is 1.82 bits per heavy atom. The highest BCUT2D eigenvalue weighted by atomic mass is 16.1. The molecule has 0 spiro atoms. The molecule has 4 aromatic rings. The average Bonchev–Trinajstić information content (AvgIpc) is 3.19. The predicted molar refractivity (Wildman–Crippen MR) is 109 cm³/mol. The zero-order valence-electron chi connectivity index (χ0n) is 15.5. The minimum Gasteiger partial charge on any atom is -0.346 e. The Morgan fingerprint density at radius 1 is 1.00 bits per heavy atom. The SMILES string of the molecule is Cc1cccc(-c2nn(-c3ccccc3)cc2C(=O)NCc2ccccn2)c1.